The Balaban J connectivity index is 1.72. The Morgan fingerprint density at radius 1 is 1.03 bits per heavy atom. The van der Waals surface area contributed by atoms with Crippen molar-refractivity contribution >= 4 is 34.3 Å². The molecule has 4 rings (SSSR count). The van der Waals surface area contributed by atoms with E-state index in [0.717, 1.165) is 27.3 Å². The van der Waals surface area contributed by atoms with E-state index < -0.39 is 0 Å². The first kappa shape index (κ1) is 20.1. The molecule has 0 saturated carbocycles. The maximum Gasteiger partial charge on any atom is 0.210 e. The van der Waals surface area contributed by atoms with Gasteiger partial charge in [0.2, 0.25) is 5.13 Å². The maximum atomic E-state index is 9.87. The number of ether oxygens (including phenoxy) is 1. The fraction of sp³-hybridized carbons (Fsp3) is 0.0833. The fourth-order valence-electron chi connectivity index (χ4n) is 2.96. The highest BCUT2D eigenvalue weighted by molar-refractivity contribution is 7.19. The van der Waals surface area contributed by atoms with Crippen LogP contribution < -0.4 is 4.74 Å². The topological polar surface area (TPSA) is 54.7 Å². The molecule has 1 aromatic heterocycles. The zero-order valence-electron chi connectivity index (χ0n) is 16.2. The van der Waals surface area contributed by atoms with Gasteiger partial charge in [-0.05, 0) is 48.4 Å². The third kappa shape index (κ3) is 4.53. The van der Waals surface area contributed by atoms with Crippen LogP contribution in [0, 0.1) is 0 Å². The van der Waals surface area contributed by atoms with E-state index in [2.05, 4.69) is 17.1 Å². The third-order valence-corrected chi connectivity index (χ3v) is 5.64. The molecule has 4 aromatic rings. The van der Waals surface area contributed by atoms with Crippen molar-refractivity contribution in [1.82, 2.24) is 4.98 Å². The lowest BCUT2D eigenvalue weighted by Gasteiger charge is -2.05. The molecule has 0 saturated heterocycles. The molecule has 4 nitrogen and oxygen atoms in total. The molecule has 3 aromatic carbocycles. The summed E-state index contributed by atoms with van der Waals surface area (Å²) in [5, 5.41) is 11.2. The van der Waals surface area contributed by atoms with Crippen molar-refractivity contribution in [3.05, 3.63) is 83.4 Å². The number of hydrogen-bond donors (Lipinski definition) is 1. The lowest BCUT2D eigenvalue weighted by atomic mass is 10.1. The number of aromatic nitrogens is 1. The molecule has 0 aliphatic rings. The molecule has 1 N–H and O–H groups in total. The van der Waals surface area contributed by atoms with Crippen LogP contribution in [0.15, 0.2) is 77.8 Å². The average Bonchev–Trinajstić information content (AvgIpc) is 3.20. The van der Waals surface area contributed by atoms with Crippen LogP contribution in [0.4, 0.5) is 5.13 Å². The predicted molar refractivity (Wildman–Crippen MR) is 125 cm³/mol. The Hall–Kier alpha value is -3.15. The van der Waals surface area contributed by atoms with E-state index in [1.165, 1.54) is 11.3 Å². The quantitative estimate of drug-likeness (QED) is 0.333. The molecular formula is C24H19ClN2O2S. The number of thiazole rings is 1. The van der Waals surface area contributed by atoms with Gasteiger partial charge in [0.05, 0.1) is 17.2 Å². The van der Waals surface area contributed by atoms with Gasteiger partial charge in [-0.15, -0.1) is 0 Å². The standard InChI is InChI=1S/C24H19ClN2O2S/c1-2-29-21-14-16(8-13-20(21)28)15-26-24-27-22(17-9-11-19(25)12-10-17)23(30-24)18-6-4-3-5-7-18/h3-15,28H,2H2,1H3. The molecule has 0 bridgehead atoms. The summed E-state index contributed by atoms with van der Waals surface area (Å²) >= 11 is 7.58. The van der Waals surface area contributed by atoms with E-state index in [0.29, 0.717) is 22.5 Å². The molecule has 0 unspecified atom stereocenters. The SMILES string of the molecule is CCOc1cc(C=Nc2nc(-c3ccc(Cl)cc3)c(-c3ccccc3)s2)ccc1O. The Kier molecular flexibility index (Phi) is 6.12. The summed E-state index contributed by atoms with van der Waals surface area (Å²) in [5.74, 6) is 0.548. The minimum atomic E-state index is 0.111. The van der Waals surface area contributed by atoms with Crippen LogP contribution in [0.2, 0.25) is 5.02 Å². The van der Waals surface area contributed by atoms with Crippen LogP contribution in [-0.2, 0) is 0 Å². The van der Waals surface area contributed by atoms with Gasteiger partial charge in [0, 0.05) is 16.8 Å². The monoisotopic (exact) mass is 434 g/mol. The summed E-state index contributed by atoms with van der Waals surface area (Å²) in [6.07, 6.45) is 1.72. The van der Waals surface area contributed by atoms with E-state index in [9.17, 15) is 5.11 Å². The van der Waals surface area contributed by atoms with Crippen molar-refractivity contribution in [1.29, 1.82) is 0 Å². The summed E-state index contributed by atoms with van der Waals surface area (Å²) in [7, 11) is 0. The highest BCUT2D eigenvalue weighted by atomic mass is 35.5. The van der Waals surface area contributed by atoms with E-state index in [1.54, 1.807) is 24.4 Å². The molecule has 0 amide bonds. The van der Waals surface area contributed by atoms with Crippen molar-refractivity contribution in [2.24, 2.45) is 4.99 Å². The van der Waals surface area contributed by atoms with Gasteiger partial charge in [-0.1, -0.05) is 65.4 Å². The number of phenols is 1. The van der Waals surface area contributed by atoms with Crippen LogP contribution in [0.5, 0.6) is 11.5 Å². The highest BCUT2D eigenvalue weighted by Gasteiger charge is 2.14. The lowest BCUT2D eigenvalue weighted by Crippen LogP contribution is -1.93. The van der Waals surface area contributed by atoms with Crippen molar-refractivity contribution in [3.8, 4) is 33.2 Å². The number of nitrogens with zero attached hydrogens (tertiary/aromatic N) is 2. The van der Waals surface area contributed by atoms with Gasteiger partial charge < -0.3 is 9.84 Å². The van der Waals surface area contributed by atoms with Gasteiger partial charge in [0.1, 0.15) is 0 Å². The highest BCUT2D eigenvalue weighted by Crippen LogP contribution is 2.40. The van der Waals surface area contributed by atoms with Crippen LogP contribution in [-0.4, -0.2) is 22.9 Å². The van der Waals surface area contributed by atoms with Crippen molar-refractivity contribution in [2.45, 2.75) is 6.92 Å². The van der Waals surface area contributed by atoms with Crippen molar-refractivity contribution in [3.63, 3.8) is 0 Å². The van der Waals surface area contributed by atoms with Crippen LogP contribution in [0.3, 0.4) is 0 Å². The van der Waals surface area contributed by atoms with Gasteiger partial charge in [0.25, 0.3) is 0 Å². The average molecular weight is 435 g/mol. The van der Waals surface area contributed by atoms with E-state index in [-0.39, 0.29) is 5.75 Å². The van der Waals surface area contributed by atoms with Crippen LogP contribution >= 0.6 is 22.9 Å². The first-order valence-electron chi connectivity index (χ1n) is 9.46. The summed E-state index contributed by atoms with van der Waals surface area (Å²) in [6, 6.07) is 22.9. The number of aliphatic imine (C=N–C) groups is 1. The molecule has 30 heavy (non-hydrogen) atoms. The van der Waals surface area contributed by atoms with Crippen LogP contribution in [0.1, 0.15) is 12.5 Å². The second kappa shape index (κ2) is 9.11. The number of rotatable bonds is 6. The molecule has 150 valence electrons. The molecule has 0 radical (unpaired) electrons. The second-order valence-electron chi connectivity index (χ2n) is 6.47. The fourth-order valence-corrected chi connectivity index (χ4v) is 4.03. The molecule has 0 aliphatic heterocycles. The molecular weight excluding hydrogens is 416 g/mol. The van der Waals surface area contributed by atoms with Gasteiger partial charge >= 0.3 is 0 Å². The summed E-state index contributed by atoms with van der Waals surface area (Å²) in [4.78, 5) is 10.4. The number of halogens is 1. The van der Waals surface area contributed by atoms with Gasteiger partial charge in [-0.3, -0.25) is 0 Å². The predicted octanol–water partition coefficient (Wildman–Crippen LogP) is 6.99. The second-order valence-corrected chi connectivity index (χ2v) is 7.88. The minimum absolute atomic E-state index is 0.111. The summed E-state index contributed by atoms with van der Waals surface area (Å²) in [6.45, 7) is 2.35. The molecule has 1 heterocycles. The first-order chi connectivity index (χ1) is 14.6. The number of benzene rings is 3. The van der Waals surface area contributed by atoms with Crippen molar-refractivity contribution in [2.75, 3.05) is 6.61 Å². The Morgan fingerprint density at radius 3 is 2.53 bits per heavy atom. The van der Waals surface area contributed by atoms with E-state index in [1.807, 2.05) is 49.4 Å². The van der Waals surface area contributed by atoms with E-state index in [4.69, 9.17) is 21.3 Å². The molecule has 0 spiro atoms. The lowest BCUT2D eigenvalue weighted by molar-refractivity contribution is 0.318. The van der Waals surface area contributed by atoms with Crippen LogP contribution in [0.25, 0.3) is 21.7 Å². The van der Waals surface area contributed by atoms with Gasteiger partial charge in [-0.25, -0.2) is 9.98 Å². The molecule has 6 heteroatoms. The Morgan fingerprint density at radius 2 is 1.80 bits per heavy atom. The molecule has 0 fully saturated rings. The minimum Gasteiger partial charge on any atom is -0.504 e. The maximum absolute atomic E-state index is 9.87. The zero-order valence-corrected chi connectivity index (χ0v) is 17.8. The zero-order chi connectivity index (χ0) is 20.9. The summed E-state index contributed by atoms with van der Waals surface area (Å²) < 4.78 is 5.44. The number of aromatic hydroxyl groups is 1. The number of hydrogen-bond acceptors (Lipinski definition) is 5. The first-order valence-corrected chi connectivity index (χ1v) is 10.7. The Labute approximate surface area is 184 Å². The Bertz CT molecular complexity index is 1170. The van der Waals surface area contributed by atoms with Gasteiger partial charge in [0.15, 0.2) is 11.5 Å². The number of phenolic OH excluding ortho intramolecular Hbond substituents is 1. The van der Waals surface area contributed by atoms with Gasteiger partial charge in [-0.2, -0.15) is 0 Å². The van der Waals surface area contributed by atoms with E-state index >= 15 is 0 Å². The largest absolute Gasteiger partial charge is 0.504 e. The molecule has 0 aliphatic carbocycles. The molecule has 0 atom stereocenters. The van der Waals surface area contributed by atoms with Crippen molar-refractivity contribution < 1.29 is 9.84 Å². The smallest absolute Gasteiger partial charge is 0.210 e. The summed E-state index contributed by atoms with van der Waals surface area (Å²) in [5.41, 5.74) is 3.76. The third-order valence-electron chi connectivity index (χ3n) is 4.38. The normalized spacial score (nSPS) is 11.1.